The zero-order chi connectivity index (χ0) is 17.1. The SMILES string of the molecule is CCNC(=O)CNC(=O)CCNC(=O)CCC(=O)c1cccs1. The van der Waals surface area contributed by atoms with E-state index in [1.165, 1.54) is 11.3 Å². The van der Waals surface area contributed by atoms with Gasteiger partial charge in [-0.3, -0.25) is 19.2 Å². The van der Waals surface area contributed by atoms with E-state index in [1.807, 2.05) is 5.38 Å². The molecule has 0 saturated carbocycles. The fraction of sp³-hybridized carbons (Fsp3) is 0.467. The fourth-order valence-electron chi connectivity index (χ4n) is 1.72. The molecule has 0 aliphatic heterocycles. The number of hydrogen-bond acceptors (Lipinski definition) is 5. The van der Waals surface area contributed by atoms with Gasteiger partial charge < -0.3 is 16.0 Å². The molecule has 1 rings (SSSR count). The maximum Gasteiger partial charge on any atom is 0.239 e. The molecule has 0 spiro atoms. The Labute approximate surface area is 138 Å². The lowest BCUT2D eigenvalue weighted by molar-refractivity contribution is -0.126. The molecule has 0 unspecified atom stereocenters. The second-order valence-electron chi connectivity index (χ2n) is 4.73. The van der Waals surface area contributed by atoms with Gasteiger partial charge in [-0.25, -0.2) is 0 Å². The minimum absolute atomic E-state index is 0.0603. The number of Topliss-reactive ketones (excluding diaryl/α,β-unsaturated/α-hetero) is 1. The summed E-state index contributed by atoms with van der Waals surface area (Å²) >= 11 is 1.35. The van der Waals surface area contributed by atoms with Crippen LogP contribution in [0.5, 0.6) is 0 Å². The molecule has 0 atom stereocenters. The van der Waals surface area contributed by atoms with Crippen LogP contribution < -0.4 is 16.0 Å². The van der Waals surface area contributed by atoms with E-state index < -0.39 is 0 Å². The average molecular weight is 339 g/mol. The maximum atomic E-state index is 11.7. The van der Waals surface area contributed by atoms with E-state index in [4.69, 9.17) is 0 Å². The Kier molecular flexibility index (Phi) is 8.59. The van der Waals surface area contributed by atoms with Crippen LogP contribution in [0.1, 0.15) is 35.9 Å². The summed E-state index contributed by atoms with van der Waals surface area (Å²) < 4.78 is 0. The molecule has 0 aliphatic carbocycles. The molecule has 0 fully saturated rings. The Morgan fingerprint density at radius 2 is 1.70 bits per heavy atom. The Balaban J connectivity index is 2.10. The first-order valence-corrected chi connectivity index (χ1v) is 8.27. The molecule has 0 saturated heterocycles. The van der Waals surface area contributed by atoms with E-state index in [0.29, 0.717) is 11.4 Å². The molecule has 0 aliphatic rings. The predicted octanol–water partition coefficient (Wildman–Crippen LogP) is 0.470. The van der Waals surface area contributed by atoms with E-state index in [1.54, 1.807) is 19.1 Å². The highest BCUT2D eigenvalue weighted by molar-refractivity contribution is 7.12. The number of rotatable bonds is 10. The molecule has 3 N–H and O–H groups in total. The van der Waals surface area contributed by atoms with Crippen LogP contribution in [-0.2, 0) is 14.4 Å². The average Bonchev–Trinajstić information content (AvgIpc) is 3.05. The van der Waals surface area contributed by atoms with Crippen molar-refractivity contribution < 1.29 is 19.2 Å². The number of likely N-dealkylation sites (N-methyl/N-ethyl adjacent to an activating group) is 1. The lowest BCUT2D eigenvalue weighted by atomic mass is 10.2. The van der Waals surface area contributed by atoms with E-state index in [9.17, 15) is 19.2 Å². The molecule has 3 amide bonds. The van der Waals surface area contributed by atoms with Gasteiger partial charge in [-0.15, -0.1) is 11.3 Å². The highest BCUT2D eigenvalue weighted by Gasteiger charge is 2.10. The van der Waals surface area contributed by atoms with Crippen molar-refractivity contribution in [3.63, 3.8) is 0 Å². The molecule has 1 heterocycles. The van der Waals surface area contributed by atoms with E-state index in [-0.39, 0.29) is 55.9 Å². The Morgan fingerprint density at radius 1 is 0.957 bits per heavy atom. The first kappa shape index (κ1) is 18.8. The Bertz CT molecular complexity index is 543. The lowest BCUT2D eigenvalue weighted by Crippen LogP contribution is -2.38. The highest BCUT2D eigenvalue weighted by Crippen LogP contribution is 2.12. The molecule has 0 aromatic carbocycles. The van der Waals surface area contributed by atoms with E-state index >= 15 is 0 Å². The standard InChI is InChI=1S/C15H21N3O4S/c1-2-16-15(22)10-18-14(21)7-8-17-13(20)6-5-11(19)12-4-3-9-23-12/h3-4,9H,2,5-8,10H2,1H3,(H,16,22)(H,17,20)(H,18,21). The summed E-state index contributed by atoms with van der Waals surface area (Å²) in [6.07, 6.45) is 0.330. The summed E-state index contributed by atoms with van der Waals surface area (Å²) in [5.74, 6) is -0.899. The van der Waals surface area contributed by atoms with Gasteiger partial charge in [0.15, 0.2) is 5.78 Å². The van der Waals surface area contributed by atoms with Gasteiger partial charge in [-0.05, 0) is 18.4 Å². The topological polar surface area (TPSA) is 104 Å². The smallest absolute Gasteiger partial charge is 0.239 e. The Morgan fingerprint density at radius 3 is 2.35 bits per heavy atom. The van der Waals surface area contributed by atoms with Crippen molar-refractivity contribution in [1.29, 1.82) is 0 Å². The number of hydrogen-bond donors (Lipinski definition) is 3. The number of nitrogens with one attached hydrogen (secondary N) is 3. The first-order chi connectivity index (χ1) is 11.0. The fourth-order valence-corrected chi connectivity index (χ4v) is 2.41. The van der Waals surface area contributed by atoms with Gasteiger partial charge in [-0.2, -0.15) is 0 Å². The van der Waals surface area contributed by atoms with Crippen LogP contribution in [-0.4, -0.2) is 43.1 Å². The van der Waals surface area contributed by atoms with Gasteiger partial charge >= 0.3 is 0 Å². The highest BCUT2D eigenvalue weighted by atomic mass is 32.1. The van der Waals surface area contributed by atoms with Crippen molar-refractivity contribution >= 4 is 34.8 Å². The number of carbonyl (C=O) groups excluding carboxylic acids is 4. The molecule has 23 heavy (non-hydrogen) atoms. The zero-order valence-electron chi connectivity index (χ0n) is 13.0. The van der Waals surface area contributed by atoms with Crippen LogP contribution in [0, 0.1) is 0 Å². The third kappa shape index (κ3) is 8.10. The van der Waals surface area contributed by atoms with Crippen LogP contribution in [0.4, 0.5) is 0 Å². The van der Waals surface area contributed by atoms with Gasteiger partial charge in [-0.1, -0.05) is 6.07 Å². The molecule has 8 heteroatoms. The van der Waals surface area contributed by atoms with Crippen LogP contribution >= 0.6 is 11.3 Å². The van der Waals surface area contributed by atoms with Crippen molar-refractivity contribution in [2.75, 3.05) is 19.6 Å². The quantitative estimate of drug-likeness (QED) is 0.539. The van der Waals surface area contributed by atoms with Crippen molar-refractivity contribution in [2.45, 2.75) is 26.2 Å². The largest absolute Gasteiger partial charge is 0.356 e. The van der Waals surface area contributed by atoms with Gasteiger partial charge in [0.2, 0.25) is 17.7 Å². The van der Waals surface area contributed by atoms with Gasteiger partial charge in [0.25, 0.3) is 0 Å². The van der Waals surface area contributed by atoms with E-state index in [2.05, 4.69) is 16.0 Å². The number of thiophene rings is 1. The molecule has 7 nitrogen and oxygen atoms in total. The predicted molar refractivity (Wildman–Crippen MR) is 87.2 cm³/mol. The van der Waals surface area contributed by atoms with Crippen LogP contribution in [0.15, 0.2) is 17.5 Å². The monoisotopic (exact) mass is 339 g/mol. The van der Waals surface area contributed by atoms with Crippen LogP contribution in [0.25, 0.3) is 0 Å². The number of amides is 3. The summed E-state index contributed by atoms with van der Waals surface area (Å²) in [7, 11) is 0. The van der Waals surface area contributed by atoms with Gasteiger partial charge in [0.05, 0.1) is 11.4 Å². The molecule has 1 aromatic heterocycles. The molecule has 126 valence electrons. The summed E-state index contributed by atoms with van der Waals surface area (Å²) in [6, 6.07) is 3.52. The normalized spacial score (nSPS) is 9.96. The van der Waals surface area contributed by atoms with Crippen LogP contribution in [0.3, 0.4) is 0 Å². The molecular formula is C15H21N3O4S. The van der Waals surface area contributed by atoms with Crippen molar-refractivity contribution in [3.05, 3.63) is 22.4 Å². The molecule has 1 aromatic rings. The van der Waals surface area contributed by atoms with Gasteiger partial charge in [0, 0.05) is 32.4 Å². The van der Waals surface area contributed by atoms with Crippen molar-refractivity contribution in [3.8, 4) is 0 Å². The number of carbonyl (C=O) groups is 4. The first-order valence-electron chi connectivity index (χ1n) is 7.39. The summed E-state index contributed by atoms with van der Waals surface area (Å²) in [5.41, 5.74) is 0. The lowest BCUT2D eigenvalue weighted by Gasteiger charge is -2.06. The maximum absolute atomic E-state index is 11.7. The summed E-state index contributed by atoms with van der Waals surface area (Å²) in [5, 5.41) is 9.40. The minimum Gasteiger partial charge on any atom is -0.356 e. The number of ketones is 1. The molecule has 0 bridgehead atoms. The van der Waals surface area contributed by atoms with Crippen molar-refractivity contribution in [2.24, 2.45) is 0 Å². The third-order valence-corrected chi connectivity index (χ3v) is 3.78. The summed E-state index contributed by atoms with van der Waals surface area (Å²) in [4.78, 5) is 46.6. The minimum atomic E-state index is -0.314. The van der Waals surface area contributed by atoms with Crippen LogP contribution in [0.2, 0.25) is 0 Å². The molecule has 0 radical (unpaired) electrons. The Hall–Kier alpha value is -2.22. The third-order valence-electron chi connectivity index (χ3n) is 2.87. The van der Waals surface area contributed by atoms with Crippen molar-refractivity contribution in [1.82, 2.24) is 16.0 Å². The second-order valence-corrected chi connectivity index (χ2v) is 5.68. The molecular weight excluding hydrogens is 318 g/mol. The van der Waals surface area contributed by atoms with Gasteiger partial charge in [0.1, 0.15) is 0 Å². The zero-order valence-corrected chi connectivity index (χ0v) is 13.8. The summed E-state index contributed by atoms with van der Waals surface area (Å²) in [6.45, 7) is 2.40. The second kappa shape index (κ2) is 10.5. The van der Waals surface area contributed by atoms with E-state index in [0.717, 1.165) is 0 Å².